The van der Waals surface area contributed by atoms with Gasteiger partial charge in [0.1, 0.15) is 0 Å². The zero-order chi connectivity index (χ0) is 7.70. The lowest BCUT2D eigenvalue weighted by Gasteiger charge is -1.80. The molecule has 0 bridgehead atoms. The van der Waals surface area contributed by atoms with Gasteiger partial charge in [0.2, 0.25) is 0 Å². The molecule has 0 aromatic rings. The van der Waals surface area contributed by atoms with E-state index in [-0.39, 0.29) is 0 Å². The average Bonchev–Trinajstić information content (AvgIpc) is 1.93. The molecule has 0 N–H and O–H groups in total. The molecule has 0 saturated carbocycles. The molecule has 0 fully saturated rings. The monoisotopic (exact) mass is 127 g/mol. The van der Waals surface area contributed by atoms with E-state index in [0.29, 0.717) is 0 Å². The number of hydrogen-bond donors (Lipinski definition) is 0. The third-order valence-corrected chi connectivity index (χ3v) is 0.761. The van der Waals surface area contributed by atoms with Crippen LogP contribution in [0.15, 0.2) is 17.1 Å². The van der Waals surface area contributed by atoms with E-state index in [9.17, 15) is 0 Å². The Hall–Kier alpha value is -0.590. The first-order valence-corrected chi connectivity index (χ1v) is 3.37. The summed E-state index contributed by atoms with van der Waals surface area (Å²) in [5.41, 5.74) is 1.07. The largest absolute Gasteiger partial charge is 0.293 e. The Balaban J connectivity index is 0. The second-order valence-electron chi connectivity index (χ2n) is 1.36. The summed E-state index contributed by atoms with van der Waals surface area (Å²) in [6.45, 7) is 7.95. The number of hydrogen-bond acceptors (Lipinski definition) is 1. The van der Waals surface area contributed by atoms with Gasteiger partial charge in [0.25, 0.3) is 0 Å². The molecule has 1 nitrogen and oxygen atoms in total. The summed E-state index contributed by atoms with van der Waals surface area (Å²) in [6.07, 6.45) is 3.95. The lowest BCUT2D eigenvalue weighted by Crippen LogP contribution is -1.79. The fraction of sp³-hybridized carbons (Fsp3) is 0.625. The Morgan fingerprint density at radius 2 is 1.78 bits per heavy atom. The Bertz CT molecular complexity index is 90.7. The van der Waals surface area contributed by atoms with Gasteiger partial charge >= 0.3 is 0 Å². The number of allylic oxidation sites excluding steroid dienone is 2. The molecule has 0 heterocycles. The Kier molecular flexibility index (Phi) is 13.0. The highest BCUT2D eigenvalue weighted by Crippen LogP contribution is 1.75. The van der Waals surface area contributed by atoms with Crippen molar-refractivity contribution in [3.8, 4) is 0 Å². The number of rotatable bonds is 1. The highest BCUT2D eigenvalue weighted by atomic mass is 14.7. The van der Waals surface area contributed by atoms with Crippen molar-refractivity contribution in [3.63, 3.8) is 0 Å². The van der Waals surface area contributed by atoms with Crippen LogP contribution in [0, 0.1) is 0 Å². The average molecular weight is 127 g/mol. The topological polar surface area (TPSA) is 12.4 Å². The van der Waals surface area contributed by atoms with Crippen molar-refractivity contribution in [2.45, 2.75) is 27.7 Å². The van der Waals surface area contributed by atoms with Gasteiger partial charge in [-0.15, -0.1) is 0 Å². The highest BCUT2D eigenvalue weighted by Gasteiger charge is 1.71. The van der Waals surface area contributed by atoms with Crippen molar-refractivity contribution in [2.24, 2.45) is 4.99 Å². The first-order valence-electron chi connectivity index (χ1n) is 3.37. The third kappa shape index (κ3) is 11.2. The van der Waals surface area contributed by atoms with E-state index >= 15 is 0 Å². The SMILES string of the molecule is C/C=C\C(C)=NC.CC. The molecule has 0 aliphatic carbocycles. The smallest absolute Gasteiger partial charge is 0.0310 e. The van der Waals surface area contributed by atoms with Gasteiger partial charge in [-0.3, -0.25) is 4.99 Å². The fourth-order valence-electron chi connectivity index (χ4n) is 0.316. The van der Waals surface area contributed by atoms with Crippen molar-refractivity contribution in [2.75, 3.05) is 7.05 Å². The van der Waals surface area contributed by atoms with Crippen LogP contribution in [0.4, 0.5) is 0 Å². The Labute approximate surface area is 58.5 Å². The predicted octanol–water partition coefficient (Wildman–Crippen LogP) is 2.68. The van der Waals surface area contributed by atoms with E-state index in [1.54, 1.807) is 7.05 Å². The maximum Gasteiger partial charge on any atom is 0.0310 e. The van der Waals surface area contributed by atoms with Crippen LogP contribution >= 0.6 is 0 Å². The summed E-state index contributed by atoms with van der Waals surface area (Å²) < 4.78 is 0. The van der Waals surface area contributed by atoms with E-state index in [4.69, 9.17) is 0 Å². The first kappa shape index (κ1) is 11.2. The van der Waals surface area contributed by atoms with Crippen LogP contribution in [-0.4, -0.2) is 12.8 Å². The van der Waals surface area contributed by atoms with Gasteiger partial charge in [-0.1, -0.05) is 19.9 Å². The molecule has 9 heavy (non-hydrogen) atoms. The molecular weight excluding hydrogens is 110 g/mol. The quantitative estimate of drug-likeness (QED) is 0.480. The first-order chi connectivity index (χ1) is 4.31. The van der Waals surface area contributed by atoms with Crippen LogP contribution in [0.3, 0.4) is 0 Å². The van der Waals surface area contributed by atoms with E-state index in [1.165, 1.54) is 0 Å². The molecule has 0 amide bonds. The normalized spacial score (nSPS) is 11.0. The van der Waals surface area contributed by atoms with Crippen molar-refractivity contribution in [1.82, 2.24) is 0 Å². The standard InChI is InChI=1S/C6H11N.C2H6/c1-4-5-6(2)7-3;1-2/h4-5H,1-3H3;1-2H3/b5-4-,7-6?;. The molecule has 0 unspecified atom stereocenters. The maximum absolute atomic E-state index is 3.91. The molecule has 0 aliphatic heterocycles. The molecular formula is C8H17N. The van der Waals surface area contributed by atoms with Crippen LogP contribution in [-0.2, 0) is 0 Å². The minimum atomic E-state index is 1.07. The van der Waals surface area contributed by atoms with Crippen LogP contribution in [0.5, 0.6) is 0 Å². The molecule has 54 valence electrons. The van der Waals surface area contributed by atoms with Crippen LogP contribution in [0.1, 0.15) is 27.7 Å². The maximum atomic E-state index is 3.91. The van der Waals surface area contributed by atoms with Gasteiger partial charge < -0.3 is 0 Å². The summed E-state index contributed by atoms with van der Waals surface area (Å²) in [5, 5.41) is 0. The lowest BCUT2D eigenvalue weighted by atomic mass is 10.4. The van der Waals surface area contributed by atoms with Crippen LogP contribution < -0.4 is 0 Å². The van der Waals surface area contributed by atoms with Gasteiger partial charge in [-0.2, -0.15) is 0 Å². The van der Waals surface area contributed by atoms with Crippen molar-refractivity contribution >= 4 is 5.71 Å². The van der Waals surface area contributed by atoms with E-state index in [0.717, 1.165) is 5.71 Å². The summed E-state index contributed by atoms with van der Waals surface area (Å²) in [6, 6.07) is 0. The van der Waals surface area contributed by atoms with Gasteiger partial charge in [-0.25, -0.2) is 0 Å². The highest BCUT2D eigenvalue weighted by molar-refractivity contribution is 5.92. The molecule has 0 aromatic heterocycles. The molecule has 0 radical (unpaired) electrons. The molecule has 0 aromatic carbocycles. The van der Waals surface area contributed by atoms with Crippen molar-refractivity contribution < 1.29 is 0 Å². The second-order valence-corrected chi connectivity index (χ2v) is 1.36. The summed E-state index contributed by atoms with van der Waals surface area (Å²) >= 11 is 0. The van der Waals surface area contributed by atoms with E-state index < -0.39 is 0 Å². The fourth-order valence-corrected chi connectivity index (χ4v) is 0.316. The molecule has 1 heteroatoms. The van der Waals surface area contributed by atoms with Gasteiger partial charge in [0.15, 0.2) is 0 Å². The second kappa shape index (κ2) is 10.4. The van der Waals surface area contributed by atoms with Gasteiger partial charge in [-0.05, 0) is 19.9 Å². The van der Waals surface area contributed by atoms with Crippen molar-refractivity contribution in [3.05, 3.63) is 12.2 Å². The Morgan fingerprint density at radius 3 is 1.89 bits per heavy atom. The summed E-state index contributed by atoms with van der Waals surface area (Å²) in [7, 11) is 1.79. The van der Waals surface area contributed by atoms with E-state index in [1.807, 2.05) is 39.8 Å². The molecule has 0 aliphatic rings. The third-order valence-electron chi connectivity index (χ3n) is 0.761. The van der Waals surface area contributed by atoms with Crippen molar-refractivity contribution in [1.29, 1.82) is 0 Å². The molecule has 0 saturated heterocycles. The summed E-state index contributed by atoms with van der Waals surface area (Å²) in [5.74, 6) is 0. The minimum absolute atomic E-state index is 1.07. The minimum Gasteiger partial charge on any atom is -0.293 e. The molecule has 0 spiro atoms. The molecule has 0 atom stereocenters. The van der Waals surface area contributed by atoms with Gasteiger partial charge in [0.05, 0.1) is 0 Å². The van der Waals surface area contributed by atoms with Crippen LogP contribution in [0.25, 0.3) is 0 Å². The summed E-state index contributed by atoms with van der Waals surface area (Å²) in [4.78, 5) is 3.91. The van der Waals surface area contributed by atoms with E-state index in [2.05, 4.69) is 4.99 Å². The predicted molar refractivity (Wildman–Crippen MR) is 45.2 cm³/mol. The van der Waals surface area contributed by atoms with Gasteiger partial charge in [0, 0.05) is 12.8 Å². The number of nitrogens with zero attached hydrogens (tertiary/aromatic N) is 1. The number of aliphatic imine (C=N–C) groups is 1. The van der Waals surface area contributed by atoms with Crippen LogP contribution in [0.2, 0.25) is 0 Å². The zero-order valence-electron chi connectivity index (χ0n) is 7.10. The zero-order valence-corrected chi connectivity index (χ0v) is 7.10. The lowest BCUT2D eigenvalue weighted by molar-refractivity contribution is 1.43. The Morgan fingerprint density at radius 1 is 1.33 bits per heavy atom. The molecule has 0 rings (SSSR count).